The third-order valence-electron chi connectivity index (χ3n) is 2.53. The van der Waals surface area contributed by atoms with Crippen LogP contribution in [0, 0.1) is 0 Å². The van der Waals surface area contributed by atoms with Crippen LogP contribution in [0.25, 0.3) is 0 Å². The van der Waals surface area contributed by atoms with Crippen molar-refractivity contribution in [2.45, 2.75) is 6.18 Å². The van der Waals surface area contributed by atoms with Gasteiger partial charge in [0.1, 0.15) is 10.9 Å². The van der Waals surface area contributed by atoms with Crippen LogP contribution in [-0.2, 0) is 0 Å². The Morgan fingerprint density at radius 3 is 2.64 bits per heavy atom. The van der Waals surface area contributed by atoms with Crippen LogP contribution in [0.2, 0.25) is 5.15 Å². The monoisotopic (exact) mass is 330 g/mol. The van der Waals surface area contributed by atoms with Gasteiger partial charge in [-0.25, -0.2) is 4.98 Å². The number of benzene rings is 1. The van der Waals surface area contributed by atoms with Crippen LogP contribution in [0.4, 0.5) is 18.9 Å². The number of alkyl halides is 3. The lowest BCUT2D eigenvalue weighted by Gasteiger charge is -2.14. The first kappa shape index (κ1) is 16.1. The highest BCUT2D eigenvalue weighted by atomic mass is 35.5. The molecule has 8 heteroatoms. The van der Waals surface area contributed by atoms with E-state index in [4.69, 9.17) is 11.6 Å². The van der Waals surface area contributed by atoms with Crippen LogP contribution in [0.1, 0.15) is 10.4 Å². The predicted molar refractivity (Wildman–Crippen MR) is 75.2 cm³/mol. The van der Waals surface area contributed by atoms with E-state index in [9.17, 15) is 18.0 Å². The Kier molecular flexibility index (Phi) is 4.87. The summed E-state index contributed by atoms with van der Waals surface area (Å²) in [6.45, 7) is -1.45. The highest BCUT2D eigenvalue weighted by Gasteiger charge is 2.29. The fraction of sp³-hybridized carbons (Fsp3) is 0.143. The average molecular weight is 331 g/mol. The number of para-hydroxylation sites is 2. The van der Waals surface area contributed by atoms with Crippen LogP contribution in [0.3, 0.4) is 0 Å². The number of amides is 1. The first-order chi connectivity index (χ1) is 10.4. The molecule has 0 radical (unpaired) electrons. The van der Waals surface area contributed by atoms with E-state index in [1.54, 1.807) is 6.07 Å². The molecule has 0 aliphatic carbocycles. The number of carbonyl (C=O) groups excluding carboxylic acids is 1. The molecule has 0 atom stereocenters. The van der Waals surface area contributed by atoms with E-state index >= 15 is 0 Å². The minimum atomic E-state index is -4.47. The third kappa shape index (κ3) is 4.36. The highest BCUT2D eigenvalue weighted by Crippen LogP contribution is 2.27. The smallest absolute Gasteiger partial charge is 0.422 e. The Morgan fingerprint density at radius 1 is 1.23 bits per heavy atom. The molecule has 1 heterocycles. The fourth-order valence-corrected chi connectivity index (χ4v) is 1.81. The number of halogens is 4. The van der Waals surface area contributed by atoms with Crippen molar-refractivity contribution in [2.75, 3.05) is 11.9 Å². The molecule has 1 aromatic heterocycles. The number of nitrogens with zero attached hydrogens (tertiary/aromatic N) is 1. The molecule has 0 aliphatic heterocycles. The molecule has 2 rings (SSSR count). The Bertz CT molecular complexity index is 677. The zero-order chi connectivity index (χ0) is 16.2. The summed E-state index contributed by atoms with van der Waals surface area (Å²) in [7, 11) is 0. The number of rotatable bonds is 4. The number of hydrogen-bond acceptors (Lipinski definition) is 3. The third-order valence-corrected chi connectivity index (χ3v) is 2.83. The van der Waals surface area contributed by atoms with Gasteiger partial charge in [0, 0.05) is 6.20 Å². The predicted octanol–water partition coefficient (Wildman–Crippen LogP) is 3.93. The SMILES string of the molecule is O=C(Nc1ccccc1OCC(F)(F)F)c1cccnc1Cl. The van der Waals surface area contributed by atoms with Gasteiger partial charge in [0.05, 0.1) is 11.3 Å². The second-order valence-corrected chi connectivity index (χ2v) is 4.55. The summed E-state index contributed by atoms with van der Waals surface area (Å²) in [6.07, 6.45) is -3.05. The Morgan fingerprint density at radius 2 is 1.95 bits per heavy atom. The van der Waals surface area contributed by atoms with Crippen LogP contribution in [0.5, 0.6) is 5.75 Å². The van der Waals surface area contributed by atoms with E-state index < -0.39 is 18.7 Å². The standard InChI is InChI=1S/C14H10ClF3N2O2/c15-12-9(4-3-7-19-12)13(21)20-10-5-1-2-6-11(10)22-8-14(16,17)18/h1-7H,8H2,(H,20,21). The largest absolute Gasteiger partial charge is 0.482 e. The molecule has 1 N–H and O–H groups in total. The lowest BCUT2D eigenvalue weighted by molar-refractivity contribution is -0.153. The van der Waals surface area contributed by atoms with E-state index in [1.807, 2.05) is 0 Å². The van der Waals surface area contributed by atoms with Gasteiger partial charge in [-0.15, -0.1) is 0 Å². The van der Waals surface area contributed by atoms with E-state index in [1.165, 1.54) is 36.5 Å². The Balaban J connectivity index is 2.16. The molecule has 4 nitrogen and oxygen atoms in total. The maximum absolute atomic E-state index is 12.2. The molecule has 1 amide bonds. The fourth-order valence-electron chi connectivity index (χ4n) is 1.60. The summed E-state index contributed by atoms with van der Waals surface area (Å²) in [4.78, 5) is 15.8. The number of nitrogens with one attached hydrogen (secondary N) is 1. The Hall–Kier alpha value is -2.28. The van der Waals surface area contributed by atoms with Gasteiger partial charge in [0.2, 0.25) is 0 Å². The molecule has 0 bridgehead atoms. The molecule has 22 heavy (non-hydrogen) atoms. The zero-order valence-corrected chi connectivity index (χ0v) is 11.8. The van der Waals surface area contributed by atoms with Crippen LogP contribution in [0.15, 0.2) is 42.6 Å². The minimum absolute atomic E-state index is 0.00584. The summed E-state index contributed by atoms with van der Waals surface area (Å²) in [6, 6.07) is 8.77. The number of hydrogen-bond donors (Lipinski definition) is 1. The Labute approximate surface area is 128 Å². The van der Waals surface area contributed by atoms with E-state index in [0.717, 1.165) is 0 Å². The highest BCUT2D eigenvalue weighted by molar-refractivity contribution is 6.33. The maximum atomic E-state index is 12.2. The summed E-state index contributed by atoms with van der Waals surface area (Å²) in [5.74, 6) is -0.686. The molecule has 1 aromatic carbocycles. The number of anilines is 1. The van der Waals surface area contributed by atoms with Gasteiger partial charge in [0.25, 0.3) is 5.91 Å². The molecule has 0 saturated heterocycles. The zero-order valence-electron chi connectivity index (χ0n) is 11.0. The minimum Gasteiger partial charge on any atom is -0.482 e. The summed E-state index contributed by atoms with van der Waals surface area (Å²) < 4.78 is 41.3. The van der Waals surface area contributed by atoms with Gasteiger partial charge in [-0.1, -0.05) is 23.7 Å². The van der Waals surface area contributed by atoms with Crippen molar-refractivity contribution in [3.63, 3.8) is 0 Å². The summed E-state index contributed by atoms with van der Waals surface area (Å²) in [5, 5.41) is 2.44. The van der Waals surface area contributed by atoms with Gasteiger partial charge in [-0.2, -0.15) is 13.2 Å². The maximum Gasteiger partial charge on any atom is 0.422 e. The molecule has 0 fully saturated rings. The van der Waals surface area contributed by atoms with Crippen molar-refractivity contribution in [3.05, 3.63) is 53.3 Å². The lowest BCUT2D eigenvalue weighted by Crippen LogP contribution is -2.20. The number of carbonyl (C=O) groups is 1. The molecular formula is C14H10ClF3N2O2. The molecule has 0 unspecified atom stereocenters. The normalized spacial score (nSPS) is 11.1. The van der Waals surface area contributed by atoms with Crippen molar-refractivity contribution in [1.82, 2.24) is 4.98 Å². The van der Waals surface area contributed by atoms with E-state index in [2.05, 4.69) is 15.0 Å². The van der Waals surface area contributed by atoms with Crippen LogP contribution >= 0.6 is 11.6 Å². The van der Waals surface area contributed by atoms with Gasteiger partial charge < -0.3 is 10.1 Å². The van der Waals surface area contributed by atoms with Crippen LogP contribution < -0.4 is 10.1 Å². The topological polar surface area (TPSA) is 51.2 Å². The van der Waals surface area contributed by atoms with Crippen molar-refractivity contribution >= 4 is 23.2 Å². The molecule has 0 aliphatic rings. The number of ether oxygens (including phenoxy) is 1. The lowest BCUT2D eigenvalue weighted by atomic mass is 10.2. The van der Waals surface area contributed by atoms with Crippen molar-refractivity contribution in [3.8, 4) is 5.75 Å². The van der Waals surface area contributed by atoms with Crippen molar-refractivity contribution < 1.29 is 22.7 Å². The number of aromatic nitrogens is 1. The first-order valence-corrected chi connectivity index (χ1v) is 6.45. The van der Waals surface area contributed by atoms with Gasteiger partial charge >= 0.3 is 6.18 Å². The quantitative estimate of drug-likeness (QED) is 0.864. The summed E-state index contributed by atoms with van der Waals surface area (Å²) in [5.41, 5.74) is 0.214. The van der Waals surface area contributed by atoms with E-state index in [-0.39, 0.29) is 22.2 Å². The van der Waals surface area contributed by atoms with Crippen LogP contribution in [-0.4, -0.2) is 23.7 Å². The number of pyridine rings is 1. The van der Waals surface area contributed by atoms with Gasteiger partial charge in [0.15, 0.2) is 6.61 Å². The first-order valence-electron chi connectivity index (χ1n) is 6.07. The second kappa shape index (κ2) is 6.65. The van der Waals surface area contributed by atoms with Crippen molar-refractivity contribution in [1.29, 1.82) is 0 Å². The second-order valence-electron chi connectivity index (χ2n) is 4.20. The molecular weight excluding hydrogens is 321 g/mol. The van der Waals surface area contributed by atoms with Gasteiger partial charge in [-0.05, 0) is 24.3 Å². The average Bonchev–Trinajstić information content (AvgIpc) is 2.46. The van der Waals surface area contributed by atoms with E-state index in [0.29, 0.717) is 0 Å². The van der Waals surface area contributed by atoms with Gasteiger partial charge in [-0.3, -0.25) is 4.79 Å². The summed E-state index contributed by atoms with van der Waals surface area (Å²) >= 11 is 5.79. The molecule has 116 valence electrons. The molecule has 2 aromatic rings. The molecule has 0 saturated carbocycles. The van der Waals surface area contributed by atoms with Crippen molar-refractivity contribution in [2.24, 2.45) is 0 Å². The molecule has 0 spiro atoms.